The van der Waals surface area contributed by atoms with Crippen LogP contribution in [0.5, 0.6) is 0 Å². The number of rotatable bonds is 3. The lowest BCUT2D eigenvalue weighted by Crippen LogP contribution is -2.12. The van der Waals surface area contributed by atoms with E-state index in [-0.39, 0.29) is 5.91 Å². The van der Waals surface area contributed by atoms with Gasteiger partial charge in [0.2, 0.25) is 5.13 Å². The van der Waals surface area contributed by atoms with Crippen LogP contribution in [0, 0.1) is 27.7 Å². The van der Waals surface area contributed by atoms with Gasteiger partial charge in [-0.25, -0.2) is 9.67 Å². The number of para-hydroxylation sites is 1. The Kier molecular flexibility index (Phi) is 4.43. The summed E-state index contributed by atoms with van der Waals surface area (Å²) in [6.45, 7) is 7.50. The summed E-state index contributed by atoms with van der Waals surface area (Å²) in [4.78, 5) is 17.6. The van der Waals surface area contributed by atoms with Gasteiger partial charge in [0.25, 0.3) is 5.91 Å². The number of aromatic nitrogens is 3. The van der Waals surface area contributed by atoms with E-state index in [2.05, 4.69) is 15.4 Å². The van der Waals surface area contributed by atoms with Crippen LogP contribution < -0.4 is 5.32 Å². The van der Waals surface area contributed by atoms with E-state index in [1.54, 1.807) is 4.68 Å². The standard InChI is InChI=1S/C17H17ClN4OS/c1-9-7-5-6-8-13(9)20-16(23)15-11(3)19-17(24-15)22-12(4)14(18)10(2)21-22/h5-8H,1-4H3,(H,20,23). The van der Waals surface area contributed by atoms with E-state index in [0.717, 1.165) is 22.6 Å². The van der Waals surface area contributed by atoms with Crippen LogP contribution in [0.15, 0.2) is 24.3 Å². The molecule has 1 amide bonds. The molecule has 2 heterocycles. The van der Waals surface area contributed by atoms with Crippen molar-refractivity contribution in [3.05, 3.63) is 56.8 Å². The lowest BCUT2D eigenvalue weighted by molar-refractivity contribution is 0.102. The second-order valence-corrected chi connectivity index (χ2v) is 6.93. The molecule has 0 aliphatic carbocycles. The van der Waals surface area contributed by atoms with Crippen LogP contribution in [-0.4, -0.2) is 20.7 Å². The zero-order valence-electron chi connectivity index (χ0n) is 13.8. The summed E-state index contributed by atoms with van der Waals surface area (Å²) in [5.41, 5.74) is 4.04. The topological polar surface area (TPSA) is 59.8 Å². The van der Waals surface area contributed by atoms with E-state index in [4.69, 9.17) is 11.6 Å². The zero-order valence-corrected chi connectivity index (χ0v) is 15.4. The van der Waals surface area contributed by atoms with E-state index in [1.807, 2.05) is 52.0 Å². The molecule has 0 unspecified atom stereocenters. The Morgan fingerprint density at radius 3 is 2.50 bits per heavy atom. The largest absolute Gasteiger partial charge is 0.321 e. The summed E-state index contributed by atoms with van der Waals surface area (Å²) in [5.74, 6) is -0.168. The number of hydrogen-bond acceptors (Lipinski definition) is 4. The number of carbonyl (C=O) groups is 1. The van der Waals surface area contributed by atoms with Crippen LogP contribution in [-0.2, 0) is 0 Å². The summed E-state index contributed by atoms with van der Waals surface area (Å²) >= 11 is 7.50. The molecule has 0 fully saturated rings. The Balaban J connectivity index is 1.93. The maximum atomic E-state index is 12.6. The summed E-state index contributed by atoms with van der Waals surface area (Å²) in [5, 5.41) is 8.59. The van der Waals surface area contributed by atoms with E-state index in [9.17, 15) is 4.79 Å². The van der Waals surface area contributed by atoms with Crippen LogP contribution in [0.2, 0.25) is 5.02 Å². The van der Waals surface area contributed by atoms with Crippen LogP contribution >= 0.6 is 22.9 Å². The number of hydrogen-bond donors (Lipinski definition) is 1. The van der Waals surface area contributed by atoms with Gasteiger partial charge in [-0.05, 0) is 39.3 Å². The van der Waals surface area contributed by atoms with Crippen molar-refractivity contribution in [2.24, 2.45) is 0 Å². The molecule has 0 bridgehead atoms. The first-order valence-corrected chi connectivity index (χ1v) is 8.64. The highest BCUT2D eigenvalue weighted by atomic mass is 35.5. The molecule has 0 saturated carbocycles. The molecule has 0 atom stereocenters. The Morgan fingerprint density at radius 1 is 1.17 bits per heavy atom. The Bertz CT molecular complexity index is 929. The molecular formula is C17H17ClN4OS. The molecule has 0 aliphatic rings. The molecule has 2 aromatic heterocycles. The van der Waals surface area contributed by atoms with Gasteiger partial charge in [-0.2, -0.15) is 5.10 Å². The number of anilines is 1. The molecular weight excluding hydrogens is 344 g/mol. The predicted molar refractivity (Wildman–Crippen MR) is 97.6 cm³/mol. The molecule has 0 spiro atoms. The Hall–Kier alpha value is -2.18. The van der Waals surface area contributed by atoms with Gasteiger partial charge in [-0.15, -0.1) is 0 Å². The third-order valence-corrected chi connectivity index (χ3v) is 5.45. The minimum Gasteiger partial charge on any atom is -0.321 e. The van der Waals surface area contributed by atoms with E-state index in [0.29, 0.717) is 20.7 Å². The fourth-order valence-corrected chi connectivity index (χ4v) is 3.47. The number of nitrogens with one attached hydrogen (secondary N) is 1. The molecule has 0 aliphatic heterocycles. The quantitative estimate of drug-likeness (QED) is 0.749. The first-order chi connectivity index (χ1) is 11.4. The normalized spacial score (nSPS) is 10.9. The fraction of sp³-hybridized carbons (Fsp3) is 0.235. The van der Waals surface area contributed by atoms with E-state index in [1.165, 1.54) is 11.3 Å². The van der Waals surface area contributed by atoms with Gasteiger partial charge in [0.15, 0.2) is 0 Å². The van der Waals surface area contributed by atoms with Crippen LogP contribution in [0.25, 0.3) is 5.13 Å². The SMILES string of the molecule is Cc1ccccc1NC(=O)c1sc(-n2nc(C)c(Cl)c2C)nc1C. The molecule has 1 aromatic carbocycles. The average molecular weight is 361 g/mol. The second-order valence-electron chi connectivity index (χ2n) is 5.58. The fourth-order valence-electron chi connectivity index (χ4n) is 2.39. The predicted octanol–water partition coefficient (Wildman–Crippen LogP) is 4.47. The van der Waals surface area contributed by atoms with Crippen molar-refractivity contribution in [3.63, 3.8) is 0 Å². The summed E-state index contributed by atoms with van der Waals surface area (Å²) < 4.78 is 1.68. The third-order valence-electron chi connectivity index (χ3n) is 3.77. The summed E-state index contributed by atoms with van der Waals surface area (Å²) in [7, 11) is 0. The molecule has 24 heavy (non-hydrogen) atoms. The van der Waals surface area contributed by atoms with Gasteiger partial charge in [-0.1, -0.05) is 41.1 Å². The minimum absolute atomic E-state index is 0.168. The number of halogens is 1. The van der Waals surface area contributed by atoms with Gasteiger partial charge in [-0.3, -0.25) is 4.79 Å². The zero-order chi connectivity index (χ0) is 17.4. The highest BCUT2D eigenvalue weighted by molar-refractivity contribution is 7.16. The summed E-state index contributed by atoms with van der Waals surface area (Å²) in [6, 6.07) is 7.67. The van der Waals surface area contributed by atoms with Crippen molar-refractivity contribution < 1.29 is 4.79 Å². The number of benzene rings is 1. The molecule has 0 radical (unpaired) electrons. The van der Waals surface area contributed by atoms with Crippen molar-refractivity contribution in [1.29, 1.82) is 0 Å². The van der Waals surface area contributed by atoms with Crippen molar-refractivity contribution in [2.75, 3.05) is 5.32 Å². The van der Waals surface area contributed by atoms with Crippen LogP contribution in [0.3, 0.4) is 0 Å². The maximum absolute atomic E-state index is 12.6. The van der Waals surface area contributed by atoms with E-state index < -0.39 is 0 Å². The smallest absolute Gasteiger partial charge is 0.267 e. The minimum atomic E-state index is -0.168. The van der Waals surface area contributed by atoms with Crippen molar-refractivity contribution in [2.45, 2.75) is 27.7 Å². The molecule has 3 rings (SSSR count). The van der Waals surface area contributed by atoms with Crippen LogP contribution in [0.1, 0.15) is 32.3 Å². The van der Waals surface area contributed by atoms with Gasteiger partial charge in [0, 0.05) is 5.69 Å². The number of aryl methyl sites for hydroxylation is 3. The lowest BCUT2D eigenvalue weighted by atomic mass is 10.2. The number of amides is 1. The molecule has 7 heteroatoms. The monoisotopic (exact) mass is 360 g/mol. The number of carbonyl (C=O) groups excluding carboxylic acids is 1. The first kappa shape index (κ1) is 16.7. The van der Waals surface area contributed by atoms with Gasteiger partial charge in [0.05, 0.1) is 22.1 Å². The van der Waals surface area contributed by atoms with Crippen molar-refractivity contribution in [3.8, 4) is 5.13 Å². The number of thiazole rings is 1. The average Bonchev–Trinajstić information content (AvgIpc) is 3.05. The van der Waals surface area contributed by atoms with Gasteiger partial charge < -0.3 is 5.32 Å². The molecule has 5 nitrogen and oxygen atoms in total. The third kappa shape index (κ3) is 2.95. The van der Waals surface area contributed by atoms with Gasteiger partial charge in [0.1, 0.15) is 4.88 Å². The Labute approximate surface area is 149 Å². The van der Waals surface area contributed by atoms with Gasteiger partial charge >= 0.3 is 0 Å². The molecule has 124 valence electrons. The Morgan fingerprint density at radius 2 is 1.88 bits per heavy atom. The van der Waals surface area contributed by atoms with Crippen molar-refractivity contribution >= 4 is 34.5 Å². The molecule has 0 saturated heterocycles. The molecule has 1 N–H and O–H groups in total. The number of nitrogens with zero attached hydrogens (tertiary/aromatic N) is 3. The highest BCUT2D eigenvalue weighted by Gasteiger charge is 2.19. The van der Waals surface area contributed by atoms with Crippen LogP contribution in [0.4, 0.5) is 5.69 Å². The van der Waals surface area contributed by atoms with E-state index >= 15 is 0 Å². The molecule has 3 aromatic rings. The summed E-state index contributed by atoms with van der Waals surface area (Å²) in [6.07, 6.45) is 0. The highest BCUT2D eigenvalue weighted by Crippen LogP contribution is 2.27. The first-order valence-electron chi connectivity index (χ1n) is 7.45. The maximum Gasteiger partial charge on any atom is 0.267 e. The van der Waals surface area contributed by atoms with Crippen molar-refractivity contribution in [1.82, 2.24) is 14.8 Å². The lowest BCUT2D eigenvalue weighted by Gasteiger charge is -2.06. The second kappa shape index (κ2) is 6.37.